The molecule has 0 amide bonds. The van der Waals surface area contributed by atoms with Crippen LogP contribution in [0.5, 0.6) is 0 Å². The Bertz CT molecular complexity index is 3080. The first-order chi connectivity index (χ1) is 23.3. The minimum atomic E-state index is 0.913. The molecular formula is C44H26N2O. The van der Waals surface area contributed by atoms with Gasteiger partial charge in [0.05, 0.1) is 27.5 Å². The van der Waals surface area contributed by atoms with Crippen LogP contribution in [0.2, 0.25) is 0 Å². The summed E-state index contributed by atoms with van der Waals surface area (Å²) in [6.07, 6.45) is 0. The summed E-state index contributed by atoms with van der Waals surface area (Å²) in [5, 5.41) is 12.0. The SMILES string of the molecule is c1ccc2cc(-n3c4ccccc4c4c3ccc3c5c6oc7ccccc7c6ccc5n(-c5ccc6ccccc6c5)c34)ccc2c1. The van der Waals surface area contributed by atoms with Gasteiger partial charge in [0.25, 0.3) is 0 Å². The van der Waals surface area contributed by atoms with Gasteiger partial charge in [-0.1, -0.05) is 97.1 Å². The zero-order valence-electron chi connectivity index (χ0n) is 25.3. The van der Waals surface area contributed by atoms with E-state index in [1.54, 1.807) is 0 Å². The molecule has 0 N–H and O–H groups in total. The molecule has 47 heavy (non-hydrogen) atoms. The minimum absolute atomic E-state index is 0.913. The van der Waals surface area contributed by atoms with E-state index in [2.05, 4.69) is 161 Å². The molecule has 3 heteroatoms. The molecule has 8 aromatic carbocycles. The molecule has 0 atom stereocenters. The van der Waals surface area contributed by atoms with Gasteiger partial charge < -0.3 is 13.6 Å². The molecule has 0 fully saturated rings. The molecule has 0 spiro atoms. The van der Waals surface area contributed by atoms with Gasteiger partial charge in [0.1, 0.15) is 11.2 Å². The zero-order chi connectivity index (χ0) is 30.6. The van der Waals surface area contributed by atoms with Crippen molar-refractivity contribution < 1.29 is 4.42 Å². The third-order valence-electron chi connectivity index (χ3n) is 10.1. The molecule has 0 aliphatic carbocycles. The van der Waals surface area contributed by atoms with Crippen molar-refractivity contribution in [1.29, 1.82) is 0 Å². The number of para-hydroxylation sites is 2. The maximum absolute atomic E-state index is 6.69. The number of aromatic nitrogens is 2. The van der Waals surface area contributed by atoms with E-state index < -0.39 is 0 Å². The molecule has 0 unspecified atom stereocenters. The van der Waals surface area contributed by atoms with Gasteiger partial charge in [0, 0.05) is 38.3 Å². The Morgan fingerprint density at radius 3 is 1.68 bits per heavy atom. The van der Waals surface area contributed by atoms with Crippen LogP contribution in [0, 0.1) is 0 Å². The van der Waals surface area contributed by atoms with Gasteiger partial charge in [0.2, 0.25) is 0 Å². The molecule has 3 nitrogen and oxygen atoms in total. The fourth-order valence-corrected chi connectivity index (χ4v) is 8.00. The van der Waals surface area contributed by atoms with E-state index in [-0.39, 0.29) is 0 Å². The van der Waals surface area contributed by atoms with Crippen LogP contribution < -0.4 is 0 Å². The smallest absolute Gasteiger partial charge is 0.145 e. The molecule has 3 heterocycles. The van der Waals surface area contributed by atoms with Crippen LogP contribution >= 0.6 is 0 Å². The summed E-state index contributed by atoms with van der Waals surface area (Å²) in [5.41, 5.74) is 8.83. The van der Waals surface area contributed by atoms with Gasteiger partial charge in [-0.25, -0.2) is 0 Å². The summed E-state index contributed by atoms with van der Waals surface area (Å²) < 4.78 is 11.6. The van der Waals surface area contributed by atoms with Gasteiger partial charge in [-0.05, 0) is 82.2 Å². The number of fused-ring (bicyclic) bond motifs is 13. The molecule has 3 aromatic heterocycles. The van der Waals surface area contributed by atoms with E-state index in [4.69, 9.17) is 4.42 Å². The van der Waals surface area contributed by atoms with Gasteiger partial charge in [-0.3, -0.25) is 0 Å². The van der Waals surface area contributed by atoms with E-state index in [1.165, 1.54) is 54.3 Å². The second kappa shape index (κ2) is 9.12. The minimum Gasteiger partial charge on any atom is -0.455 e. The van der Waals surface area contributed by atoms with Gasteiger partial charge in [-0.2, -0.15) is 0 Å². The van der Waals surface area contributed by atoms with Crippen molar-refractivity contribution in [3.05, 3.63) is 158 Å². The first kappa shape index (κ1) is 24.9. The van der Waals surface area contributed by atoms with Crippen molar-refractivity contribution in [2.24, 2.45) is 0 Å². The Morgan fingerprint density at radius 1 is 0.362 bits per heavy atom. The van der Waals surface area contributed by atoms with Crippen molar-refractivity contribution in [3.63, 3.8) is 0 Å². The number of furan rings is 1. The first-order valence-corrected chi connectivity index (χ1v) is 16.1. The average molecular weight is 599 g/mol. The predicted molar refractivity (Wildman–Crippen MR) is 197 cm³/mol. The van der Waals surface area contributed by atoms with E-state index in [0.717, 1.165) is 44.2 Å². The molecule has 11 aromatic rings. The Morgan fingerprint density at radius 2 is 0.936 bits per heavy atom. The highest BCUT2D eigenvalue weighted by Crippen LogP contribution is 2.45. The lowest BCUT2D eigenvalue weighted by Crippen LogP contribution is -1.95. The molecule has 11 rings (SSSR count). The standard InChI is InChI=1S/C44H26N2O/c1-3-11-29-25-31(19-17-27(29)9-1)45-37-15-7-5-14-35(37)41-38(45)24-22-36-42-39(23-21-34-33-13-6-8-16-40(33)47-44(34)42)46(43(36)41)32-20-18-28-10-2-4-12-30(28)26-32/h1-26H. The Kier molecular flexibility index (Phi) is 4.84. The quantitative estimate of drug-likeness (QED) is 0.194. The second-order valence-electron chi connectivity index (χ2n) is 12.5. The summed E-state index contributed by atoms with van der Waals surface area (Å²) in [6.45, 7) is 0. The van der Waals surface area contributed by atoms with Crippen molar-refractivity contribution in [3.8, 4) is 11.4 Å². The number of benzene rings is 8. The number of nitrogens with zero attached hydrogens (tertiary/aromatic N) is 2. The summed E-state index contributed by atoms with van der Waals surface area (Å²) in [6, 6.07) is 57.1. The van der Waals surface area contributed by atoms with E-state index in [1.807, 2.05) is 6.07 Å². The van der Waals surface area contributed by atoms with Crippen LogP contribution in [-0.4, -0.2) is 9.13 Å². The lowest BCUT2D eigenvalue weighted by atomic mass is 10.1. The van der Waals surface area contributed by atoms with E-state index in [0.29, 0.717) is 0 Å². The molecule has 0 radical (unpaired) electrons. The summed E-state index contributed by atoms with van der Waals surface area (Å²) in [7, 11) is 0. The lowest BCUT2D eigenvalue weighted by molar-refractivity contribution is 0.673. The highest BCUT2D eigenvalue weighted by molar-refractivity contribution is 6.31. The maximum atomic E-state index is 6.69. The van der Waals surface area contributed by atoms with Gasteiger partial charge >= 0.3 is 0 Å². The van der Waals surface area contributed by atoms with Crippen molar-refractivity contribution in [1.82, 2.24) is 9.13 Å². The monoisotopic (exact) mass is 598 g/mol. The van der Waals surface area contributed by atoms with Crippen LogP contribution in [0.15, 0.2) is 162 Å². The first-order valence-electron chi connectivity index (χ1n) is 16.1. The summed E-state index contributed by atoms with van der Waals surface area (Å²) >= 11 is 0. The van der Waals surface area contributed by atoms with Crippen molar-refractivity contribution in [2.45, 2.75) is 0 Å². The number of rotatable bonds is 2. The van der Waals surface area contributed by atoms with Crippen LogP contribution in [0.3, 0.4) is 0 Å². The van der Waals surface area contributed by atoms with E-state index >= 15 is 0 Å². The van der Waals surface area contributed by atoms with Crippen molar-refractivity contribution in [2.75, 3.05) is 0 Å². The fraction of sp³-hybridized carbons (Fsp3) is 0. The molecule has 0 aliphatic heterocycles. The zero-order valence-corrected chi connectivity index (χ0v) is 25.3. The third kappa shape index (κ3) is 3.35. The Balaban J connectivity index is 1.35. The number of hydrogen-bond acceptors (Lipinski definition) is 1. The highest BCUT2D eigenvalue weighted by atomic mass is 16.3. The van der Waals surface area contributed by atoms with Crippen LogP contribution in [0.1, 0.15) is 0 Å². The third-order valence-corrected chi connectivity index (χ3v) is 10.1. The Labute approximate surface area is 269 Å². The molecule has 0 saturated heterocycles. The number of hydrogen-bond donors (Lipinski definition) is 0. The van der Waals surface area contributed by atoms with E-state index in [9.17, 15) is 0 Å². The summed E-state index contributed by atoms with van der Waals surface area (Å²) in [4.78, 5) is 0. The largest absolute Gasteiger partial charge is 0.455 e. The normalized spacial score (nSPS) is 12.3. The van der Waals surface area contributed by atoms with Crippen LogP contribution in [0.4, 0.5) is 0 Å². The predicted octanol–water partition coefficient (Wildman–Crippen LogP) is 12.1. The van der Waals surface area contributed by atoms with Crippen LogP contribution in [-0.2, 0) is 0 Å². The fourth-order valence-electron chi connectivity index (χ4n) is 8.00. The maximum Gasteiger partial charge on any atom is 0.145 e. The second-order valence-corrected chi connectivity index (χ2v) is 12.5. The van der Waals surface area contributed by atoms with Gasteiger partial charge in [-0.15, -0.1) is 0 Å². The van der Waals surface area contributed by atoms with Gasteiger partial charge in [0.15, 0.2) is 0 Å². The lowest BCUT2D eigenvalue weighted by Gasteiger charge is -2.11. The molecule has 218 valence electrons. The molecule has 0 saturated carbocycles. The topological polar surface area (TPSA) is 23.0 Å². The average Bonchev–Trinajstić information content (AvgIpc) is 3.78. The molecule has 0 aliphatic rings. The molecular weight excluding hydrogens is 572 g/mol. The summed E-state index contributed by atoms with van der Waals surface area (Å²) in [5.74, 6) is 0. The molecule has 0 bridgehead atoms. The Hall–Kier alpha value is -6.32. The van der Waals surface area contributed by atoms with Crippen LogP contribution in [0.25, 0.3) is 98.5 Å². The highest BCUT2D eigenvalue weighted by Gasteiger charge is 2.23. The van der Waals surface area contributed by atoms with Crippen molar-refractivity contribution >= 4 is 87.1 Å².